The summed E-state index contributed by atoms with van der Waals surface area (Å²) < 4.78 is 5.75. The van der Waals surface area contributed by atoms with Crippen molar-refractivity contribution in [2.75, 3.05) is 0 Å². The van der Waals surface area contributed by atoms with E-state index in [1.54, 1.807) is 10.9 Å². The second-order valence-electron chi connectivity index (χ2n) is 3.33. The van der Waals surface area contributed by atoms with Gasteiger partial charge >= 0.3 is 5.97 Å². The zero-order valence-electron chi connectivity index (χ0n) is 8.75. The first-order valence-corrected chi connectivity index (χ1v) is 5.72. The summed E-state index contributed by atoms with van der Waals surface area (Å²) in [4.78, 5) is 10.7. The van der Waals surface area contributed by atoms with Crippen LogP contribution in [-0.2, 0) is 17.8 Å². The van der Waals surface area contributed by atoms with Crippen molar-refractivity contribution in [3.05, 3.63) is 23.5 Å². The highest BCUT2D eigenvalue weighted by Crippen LogP contribution is 2.24. The van der Waals surface area contributed by atoms with Crippen molar-refractivity contribution in [3.63, 3.8) is 0 Å². The van der Waals surface area contributed by atoms with E-state index < -0.39 is 5.97 Å². The summed E-state index contributed by atoms with van der Waals surface area (Å²) in [5.41, 5.74) is 2.38. The largest absolute Gasteiger partial charge is 0.481 e. The van der Waals surface area contributed by atoms with E-state index in [4.69, 9.17) is 5.11 Å². The molecule has 1 N–H and O–H groups in total. The molecule has 0 unspecified atom stereocenters. The Bertz CT molecular complexity index is 490. The van der Waals surface area contributed by atoms with Crippen molar-refractivity contribution in [3.8, 4) is 11.1 Å². The van der Waals surface area contributed by atoms with Gasteiger partial charge in [0, 0.05) is 35.4 Å². The topological polar surface area (TPSA) is 68.0 Å². The van der Waals surface area contributed by atoms with Crippen LogP contribution in [0.3, 0.4) is 0 Å². The molecule has 0 saturated carbocycles. The summed E-state index contributed by atoms with van der Waals surface area (Å²) in [6, 6.07) is 0. The Morgan fingerprint density at radius 3 is 3.00 bits per heavy atom. The summed E-state index contributed by atoms with van der Waals surface area (Å²) in [5, 5.41) is 14.9. The van der Waals surface area contributed by atoms with E-state index in [0.29, 0.717) is 5.69 Å². The molecule has 0 aliphatic carbocycles. The minimum atomic E-state index is -0.870. The zero-order chi connectivity index (χ0) is 11.5. The van der Waals surface area contributed by atoms with Gasteiger partial charge < -0.3 is 5.11 Å². The lowest BCUT2D eigenvalue weighted by atomic mass is 10.1. The second kappa shape index (κ2) is 4.44. The first-order valence-electron chi connectivity index (χ1n) is 4.88. The summed E-state index contributed by atoms with van der Waals surface area (Å²) in [7, 11) is 0. The molecule has 0 aliphatic rings. The standard InChI is InChI=1S/C10H11N3O2S/c1-2-13-5-8(7-4-11-16-6-7)9(12-13)3-10(14)15/h4-6H,2-3H2,1H3,(H,14,15). The van der Waals surface area contributed by atoms with Gasteiger partial charge in [-0.25, -0.2) is 4.37 Å². The molecule has 2 rings (SSSR count). The van der Waals surface area contributed by atoms with Crippen molar-refractivity contribution >= 4 is 17.5 Å². The van der Waals surface area contributed by atoms with Crippen LogP contribution in [0.25, 0.3) is 11.1 Å². The maximum atomic E-state index is 10.7. The molecule has 0 radical (unpaired) electrons. The minimum absolute atomic E-state index is 0.0574. The van der Waals surface area contributed by atoms with Crippen molar-refractivity contribution in [1.29, 1.82) is 0 Å². The first-order chi connectivity index (χ1) is 7.70. The van der Waals surface area contributed by atoms with Crippen LogP contribution in [0.4, 0.5) is 0 Å². The van der Waals surface area contributed by atoms with E-state index in [-0.39, 0.29) is 6.42 Å². The van der Waals surface area contributed by atoms with Gasteiger partial charge in [0.2, 0.25) is 0 Å². The van der Waals surface area contributed by atoms with Crippen molar-refractivity contribution < 1.29 is 9.90 Å². The Kier molecular flexibility index (Phi) is 3.00. The van der Waals surface area contributed by atoms with E-state index >= 15 is 0 Å². The van der Waals surface area contributed by atoms with Gasteiger partial charge in [0.15, 0.2) is 0 Å². The van der Waals surface area contributed by atoms with Crippen molar-refractivity contribution in [1.82, 2.24) is 14.2 Å². The zero-order valence-corrected chi connectivity index (χ0v) is 9.57. The highest BCUT2D eigenvalue weighted by molar-refractivity contribution is 7.03. The molecule has 0 aromatic carbocycles. The van der Waals surface area contributed by atoms with Crippen LogP contribution in [0.1, 0.15) is 12.6 Å². The third-order valence-corrected chi connectivity index (χ3v) is 2.81. The Morgan fingerprint density at radius 1 is 1.62 bits per heavy atom. The number of hydrogen-bond acceptors (Lipinski definition) is 4. The van der Waals surface area contributed by atoms with Gasteiger partial charge in [-0.3, -0.25) is 9.48 Å². The molecule has 0 saturated heterocycles. The van der Waals surface area contributed by atoms with Gasteiger partial charge in [0.1, 0.15) is 0 Å². The molecule has 0 atom stereocenters. The van der Waals surface area contributed by atoms with Gasteiger partial charge in [-0.1, -0.05) is 0 Å². The molecule has 0 aliphatic heterocycles. The summed E-state index contributed by atoms with van der Waals surface area (Å²) in [6.45, 7) is 2.69. The van der Waals surface area contributed by atoms with Crippen molar-refractivity contribution in [2.24, 2.45) is 0 Å². The Morgan fingerprint density at radius 2 is 2.44 bits per heavy atom. The van der Waals surface area contributed by atoms with Crippen LogP contribution in [0.2, 0.25) is 0 Å². The molecule has 2 heterocycles. The van der Waals surface area contributed by atoms with Crippen LogP contribution in [0.15, 0.2) is 17.8 Å². The Hall–Kier alpha value is -1.69. The van der Waals surface area contributed by atoms with E-state index in [9.17, 15) is 4.79 Å². The molecule has 0 amide bonds. The number of rotatable bonds is 4. The fraction of sp³-hybridized carbons (Fsp3) is 0.300. The quantitative estimate of drug-likeness (QED) is 0.878. The summed E-state index contributed by atoms with van der Waals surface area (Å²) >= 11 is 1.34. The number of carboxylic acids is 1. The minimum Gasteiger partial charge on any atom is -0.481 e. The van der Waals surface area contributed by atoms with Gasteiger partial charge in [-0.05, 0) is 18.5 Å². The van der Waals surface area contributed by atoms with E-state index in [1.807, 2.05) is 18.5 Å². The fourth-order valence-electron chi connectivity index (χ4n) is 1.48. The Balaban J connectivity index is 2.42. The number of aliphatic carboxylic acids is 1. The van der Waals surface area contributed by atoms with Gasteiger partial charge in [-0.2, -0.15) is 5.10 Å². The molecule has 0 spiro atoms. The van der Waals surface area contributed by atoms with E-state index in [0.717, 1.165) is 17.7 Å². The Labute approximate surface area is 96.5 Å². The summed E-state index contributed by atoms with van der Waals surface area (Å²) in [6.07, 6.45) is 3.53. The molecule has 5 nitrogen and oxygen atoms in total. The number of nitrogens with zero attached hydrogens (tertiary/aromatic N) is 3. The number of carbonyl (C=O) groups is 1. The fourth-order valence-corrected chi connectivity index (χ4v) is 2.01. The third kappa shape index (κ3) is 2.11. The third-order valence-electron chi connectivity index (χ3n) is 2.22. The molecular formula is C10H11N3O2S. The number of carboxylic acid groups (broad SMARTS) is 1. The lowest BCUT2D eigenvalue weighted by Gasteiger charge is -1.94. The van der Waals surface area contributed by atoms with Crippen LogP contribution in [0, 0.1) is 0 Å². The molecule has 16 heavy (non-hydrogen) atoms. The molecule has 0 fully saturated rings. The van der Waals surface area contributed by atoms with Crippen LogP contribution in [-0.4, -0.2) is 25.2 Å². The van der Waals surface area contributed by atoms with Crippen LogP contribution < -0.4 is 0 Å². The lowest BCUT2D eigenvalue weighted by molar-refractivity contribution is -0.136. The summed E-state index contributed by atoms with van der Waals surface area (Å²) in [5.74, 6) is -0.870. The number of aromatic nitrogens is 3. The van der Waals surface area contributed by atoms with Gasteiger partial charge in [0.25, 0.3) is 0 Å². The molecule has 84 valence electrons. The average Bonchev–Trinajstić information content (AvgIpc) is 2.84. The number of hydrogen-bond donors (Lipinski definition) is 1. The molecule has 6 heteroatoms. The highest BCUT2D eigenvalue weighted by Gasteiger charge is 2.14. The lowest BCUT2D eigenvalue weighted by Crippen LogP contribution is -2.03. The number of aryl methyl sites for hydroxylation is 1. The molecule has 2 aromatic heterocycles. The maximum Gasteiger partial charge on any atom is 0.309 e. The highest BCUT2D eigenvalue weighted by atomic mass is 32.1. The molecule has 2 aromatic rings. The maximum absolute atomic E-state index is 10.7. The monoisotopic (exact) mass is 237 g/mol. The first kappa shape index (κ1) is 10.8. The SMILES string of the molecule is CCn1cc(-c2cnsc2)c(CC(=O)O)n1. The van der Waals surface area contributed by atoms with E-state index in [1.165, 1.54) is 11.5 Å². The van der Waals surface area contributed by atoms with Gasteiger partial charge in [-0.15, -0.1) is 0 Å². The average molecular weight is 237 g/mol. The predicted octanol–water partition coefficient (Wildman–Crippen LogP) is 1.65. The van der Waals surface area contributed by atoms with Crippen molar-refractivity contribution in [2.45, 2.75) is 19.9 Å². The molecule has 0 bridgehead atoms. The molecular weight excluding hydrogens is 226 g/mol. The normalized spacial score (nSPS) is 10.6. The van der Waals surface area contributed by atoms with Crippen LogP contribution in [0.5, 0.6) is 0 Å². The van der Waals surface area contributed by atoms with Gasteiger partial charge in [0.05, 0.1) is 12.1 Å². The van der Waals surface area contributed by atoms with Crippen LogP contribution >= 0.6 is 11.5 Å². The smallest absolute Gasteiger partial charge is 0.309 e. The van der Waals surface area contributed by atoms with E-state index in [2.05, 4.69) is 9.47 Å². The second-order valence-corrected chi connectivity index (χ2v) is 3.99. The predicted molar refractivity (Wildman–Crippen MR) is 60.3 cm³/mol.